The molecular formula is C24H25FN2O3S. The van der Waals surface area contributed by atoms with Crippen LogP contribution in [0.25, 0.3) is 17.3 Å². The molecule has 31 heavy (non-hydrogen) atoms. The number of ether oxygens (including phenoxy) is 2. The maximum atomic E-state index is 13.1. The van der Waals surface area contributed by atoms with Crippen molar-refractivity contribution in [2.45, 2.75) is 26.2 Å². The SMILES string of the molecule is CCCCCOc1ccc(C=CC(=O)Nc2nc(-c3ccc(F)cc3)cs2)cc1OC. The fourth-order valence-corrected chi connectivity index (χ4v) is 3.57. The molecule has 1 N–H and O–H groups in total. The number of methoxy groups -OCH3 is 1. The summed E-state index contributed by atoms with van der Waals surface area (Å²) in [4.78, 5) is 16.6. The van der Waals surface area contributed by atoms with Crippen molar-refractivity contribution >= 4 is 28.5 Å². The van der Waals surface area contributed by atoms with Crippen molar-refractivity contribution in [1.82, 2.24) is 4.98 Å². The summed E-state index contributed by atoms with van der Waals surface area (Å²) in [7, 11) is 1.59. The molecule has 7 heteroatoms. The minimum Gasteiger partial charge on any atom is -0.493 e. The Balaban J connectivity index is 1.59. The first kappa shape index (κ1) is 22.5. The van der Waals surface area contributed by atoms with Gasteiger partial charge >= 0.3 is 0 Å². The molecule has 1 heterocycles. The van der Waals surface area contributed by atoms with Gasteiger partial charge in [-0.2, -0.15) is 0 Å². The number of aromatic nitrogens is 1. The summed E-state index contributed by atoms with van der Waals surface area (Å²) < 4.78 is 24.2. The van der Waals surface area contributed by atoms with E-state index in [0.717, 1.165) is 30.4 Å². The maximum absolute atomic E-state index is 13.1. The van der Waals surface area contributed by atoms with Gasteiger partial charge in [-0.3, -0.25) is 10.1 Å². The predicted molar refractivity (Wildman–Crippen MR) is 123 cm³/mol. The van der Waals surface area contributed by atoms with Gasteiger partial charge in [0, 0.05) is 17.0 Å². The van der Waals surface area contributed by atoms with Gasteiger partial charge < -0.3 is 9.47 Å². The van der Waals surface area contributed by atoms with E-state index in [1.54, 1.807) is 25.3 Å². The van der Waals surface area contributed by atoms with E-state index < -0.39 is 0 Å². The van der Waals surface area contributed by atoms with Crippen LogP contribution in [0.2, 0.25) is 0 Å². The Hall–Kier alpha value is -3.19. The number of hydrogen-bond donors (Lipinski definition) is 1. The Bertz CT molecular complexity index is 1030. The van der Waals surface area contributed by atoms with Gasteiger partial charge in [0.25, 0.3) is 0 Å². The number of nitrogens with zero attached hydrogens (tertiary/aromatic N) is 1. The molecule has 0 spiro atoms. The molecule has 1 amide bonds. The van der Waals surface area contributed by atoms with Gasteiger partial charge in [-0.05, 0) is 54.5 Å². The number of halogens is 1. The van der Waals surface area contributed by atoms with E-state index in [2.05, 4.69) is 17.2 Å². The van der Waals surface area contributed by atoms with Crippen LogP contribution >= 0.6 is 11.3 Å². The number of thiazole rings is 1. The van der Waals surface area contributed by atoms with Crippen LogP contribution in [0.3, 0.4) is 0 Å². The van der Waals surface area contributed by atoms with Crippen molar-refractivity contribution in [3.63, 3.8) is 0 Å². The zero-order valence-corrected chi connectivity index (χ0v) is 18.4. The van der Waals surface area contributed by atoms with E-state index >= 15 is 0 Å². The van der Waals surface area contributed by atoms with Crippen LogP contribution in [-0.4, -0.2) is 24.6 Å². The Labute approximate surface area is 185 Å². The van der Waals surface area contributed by atoms with Crippen LogP contribution in [0.1, 0.15) is 31.7 Å². The summed E-state index contributed by atoms with van der Waals surface area (Å²) in [5.41, 5.74) is 2.29. The Morgan fingerprint density at radius 2 is 1.97 bits per heavy atom. The van der Waals surface area contributed by atoms with Crippen LogP contribution in [0.4, 0.5) is 9.52 Å². The first-order chi connectivity index (χ1) is 15.1. The highest BCUT2D eigenvalue weighted by Crippen LogP contribution is 2.29. The Morgan fingerprint density at radius 1 is 1.16 bits per heavy atom. The molecule has 162 valence electrons. The fourth-order valence-electron chi connectivity index (χ4n) is 2.84. The summed E-state index contributed by atoms with van der Waals surface area (Å²) in [6.07, 6.45) is 6.41. The van der Waals surface area contributed by atoms with Crippen molar-refractivity contribution in [2.24, 2.45) is 0 Å². The maximum Gasteiger partial charge on any atom is 0.250 e. The number of amides is 1. The van der Waals surface area contributed by atoms with Crippen molar-refractivity contribution in [3.05, 3.63) is 65.3 Å². The lowest BCUT2D eigenvalue weighted by Crippen LogP contribution is -2.07. The second kappa shape index (κ2) is 11.3. The van der Waals surface area contributed by atoms with E-state index in [9.17, 15) is 9.18 Å². The molecule has 0 aliphatic rings. The smallest absolute Gasteiger partial charge is 0.250 e. The third-order valence-electron chi connectivity index (χ3n) is 4.49. The second-order valence-corrected chi connectivity index (χ2v) is 7.69. The zero-order chi connectivity index (χ0) is 22.1. The van der Waals surface area contributed by atoms with E-state index in [1.807, 2.05) is 23.6 Å². The van der Waals surface area contributed by atoms with Crippen molar-refractivity contribution in [2.75, 3.05) is 19.0 Å². The number of hydrogen-bond acceptors (Lipinski definition) is 5. The summed E-state index contributed by atoms with van der Waals surface area (Å²) in [5.74, 6) is 0.725. The van der Waals surface area contributed by atoms with Crippen LogP contribution in [0.5, 0.6) is 11.5 Å². The highest BCUT2D eigenvalue weighted by atomic mass is 32.1. The molecule has 0 radical (unpaired) electrons. The molecule has 0 fully saturated rings. The van der Waals surface area contributed by atoms with Crippen LogP contribution in [0, 0.1) is 5.82 Å². The molecule has 0 bridgehead atoms. The average molecular weight is 441 g/mol. The first-order valence-corrected chi connectivity index (χ1v) is 11.0. The first-order valence-electron chi connectivity index (χ1n) is 10.1. The molecule has 2 aromatic carbocycles. The van der Waals surface area contributed by atoms with E-state index in [4.69, 9.17) is 9.47 Å². The van der Waals surface area contributed by atoms with Gasteiger partial charge in [0.2, 0.25) is 5.91 Å². The van der Waals surface area contributed by atoms with Crippen molar-refractivity contribution in [3.8, 4) is 22.8 Å². The number of unbranched alkanes of at least 4 members (excludes halogenated alkanes) is 2. The Kier molecular flexibility index (Phi) is 8.18. The molecule has 3 rings (SSSR count). The molecule has 0 saturated heterocycles. The van der Waals surface area contributed by atoms with Crippen LogP contribution in [0.15, 0.2) is 53.9 Å². The highest BCUT2D eigenvalue weighted by molar-refractivity contribution is 7.14. The molecule has 0 atom stereocenters. The van der Waals surface area contributed by atoms with Gasteiger partial charge in [-0.25, -0.2) is 9.37 Å². The lowest BCUT2D eigenvalue weighted by atomic mass is 10.2. The van der Waals surface area contributed by atoms with E-state index in [0.29, 0.717) is 28.9 Å². The topological polar surface area (TPSA) is 60.5 Å². The molecule has 0 aliphatic carbocycles. The largest absolute Gasteiger partial charge is 0.493 e. The van der Waals surface area contributed by atoms with Crippen LogP contribution in [-0.2, 0) is 4.79 Å². The Morgan fingerprint density at radius 3 is 2.71 bits per heavy atom. The number of carbonyl (C=O) groups is 1. The molecule has 0 unspecified atom stereocenters. The summed E-state index contributed by atoms with van der Waals surface area (Å²) in [6, 6.07) is 11.6. The van der Waals surface area contributed by atoms with Crippen LogP contribution < -0.4 is 14.8 Å². The minimum atomic E-state index is -0.301. The normalized spacial score (nSPS) is 10.9. The van der Waals surface area contributed by atoms with Gasteiger partial charge in [0.15, 0.2) is 16.6 Å². The van der Waals surface area contributed by atoms with E-state index in [1.165, 1.54) is 29.5 Å². The molecule has 3 aromatic rings. The average Bonchev–Trinajstić information content (AvgIpc) is 3.24. The monoisotopic (exact) mass is 440 g/mol. The fraction of sp³-hybridized carbons (Fsp3) is 0.250. The number of anilines is 1. The van der Waals surface area contributed by atoms with Crippen molar-refractivity contribution in [1.29, 1.82) is 0 Å². The number of nitrogens with one attached hydrogen (secondary N) is 1. The lowest BCUT2D eigenvalue weighted by molar-refractivity contribution is -0.111. The third-order valence-corrected chi connectivity index (χ3v) is 5.25. The van der Waals surface area contributed by atoms with Gasteiger partial charge in [-0.1, -0.05) is 25.8 Å². The predicted octanol–water partition coefficient (Wildman–Crippen LogP) is 6.18. The van der Waals surface area contributed by atoms with Gasteiger partial charge in [-0.15, -0.1) is 11.3 Å². The summed E-state index contributed by atoms with van der Waals surface area (Å²) in [5, 5.41) is 5.04. The van der Waals surface area contributed by atoms with E-state index in [-0.39, 0.29) is 11.7 Å². The zero-order valence-electron chi connectivity index (χ0n) is 17.6. The summed E-state index contributed by atoms with van der Waals surface area (Å²) >= 11 is 1.31. The molecule has 1 aromatic heterocycles. The quantitative estimate of drug-likeness (QED) is 0.302. The minimum absolute atomic E-state index is 0.293. The van der Waals surface area contributed by atoms with Gasteiger partial charge in [0.05, 0.1) is 19.4 Å². The molecule has 0 aliphatic heterocycles. The van der Waals surface area contributed by atoms with Gasteiger partial charge in [0.1, 0.15) is 5.82 Å². The lowest BCUT2D eigenvalue weighted by Gasteiger charge is -2.11. The molecule has 0 saturated carbocycles. The standard InChI is InChI=1S/C24H25FN2O3S/c1-3-4-5-14-30-21-12-6-17(15-22(21)29-2)7-13-23(28)27-24-26-20(16-31-24)18-8-10-19(25)11-9-18/h6-13,15-16H,3-5,14H2,1-2H3,(H,26,27,28). The number of carbonyl (C=O) groups excluding carboxylic acids is 1. The number of rotatable bonds is 10. The number of benzene rings is 2. The highest BCUT2D eigenvalue weighted by Gasteiger charge is 2.08. The third kappa shape index (κ3) is 6.65. The molecule has 5 nitrogen and oxygen atoms in total. The summed E-state index contributed by atoms with van der Waals surface area (Å²) in [6.45, 7) is 2.80. The van der Waals surface area contributed by atoms with Crippen molar-refractivity contribution < 1.29 is 18.7 Å². The second-order valence-electron chi connectivity index (χ2n) is 6.83. The molecular weight excluding hydrogens is 415 g/mol.